The van der Waals surface area contributed by atoms with Crippen molar-refractivity contribution in [3.05, 3.63) is 34.9 Å². The van der Waals surface area contributed by atoms with Gasteiger partial charge in [-0.2, -0.15) is 4.68 Å². The van der Waals surface area contributed by atoms with Gasteiger partial charge in [-0.1, -0.05) is 6.07 Å². The Bertz CT molecular complexity index is 792. The number of rotatable bonds is 3. The van der Waals surface area contributed by atoms with Crippen LogP contribution < -0.4 is 5.69 Å². The van der Waals surface area contributed by atoms with Crippen LogP contribution in [-0.2, 0) is 16.5 Å². The lowest BCUT2D eigenvalue weighted by Gasteiger charge is -2.21. The first-order valence-corrected chi connectivity index (χ1v) is 8.23. The maximum Gasteiger partial charge on any atom is 0.351 e. The molecule has 8 heteroatoms. The third-order valence-corrected chi connectivity index (χ3v) is 5.43. The highest BCUT2D eigenvalue weighted by Crippen LogP contribution is 2.16. The van der Waals surface area contributed by atoms with Gasteiger partial charge in [-0.3, -0.25) is 9.30 Å². The van der Waals surface area contributed by atoms with Crippen molar-refractivity contribution in [3.63, 3.8) is 0 Å². The van der Waals surface area contributed by atoms with E-state index < -0.39 is 9.84 Å². The number of aromatic nitrogens is 3. The number of fused-ring (bicyclic) bond motifs is 1. The molecule has 108 valence electrons. The minimum Gasteiger partial charge on any atom is -0.283 e. The fraction of sp³-hybridized carbons (Fsp3) is 0.500. The van der Waals surface area contributed by atoms with Crippen LogP contribution in [0.25, 0.3) is 5.65 Å². The molecular formula is C12H16N4O3S. The second-order valence-corrected chi connectivity index (χ2v) is 7.39. The van der Waals surface area contributed by atoms with Crippen molar-refractivity contribution < 1.29 is 8.42 Å². The van der Waals surface area contributed by atoms with Crippen LogP contribution in [0.3, 0.4) is 0 Å². The van der Waals surface area contributed by atoms with Crippen LogP contribution in [0.2, 0.25) is 0 Å². The molecule has 0 N–H and O–H groups in total. The average Bonchev–Trinajstić information content (AvgIpc) is 2.92. The largest absolute Gasteiger partial charge is 0.351 e. The summed E-state index contributed by atoms with van der Waals surface area (Å²) in [6, 6.07) is 5.31. The Morgan fingerprint density at radius 2 is 2.25 bits per heavy atom. The molecule has 0 bridgehead atoms. The van der Waals surface area contributed by atoms with E-state index in [-0.39, 0.29) is 23.2 Å². The summed E-state index contributed by atoms with van der Waals surface area (Å²) in [7, 11) is -1.10. The second-order valence-electron chi connectivity index (χ2n) is 5.17. The molecule has 1 unspecified atom stereocenters. The van der Waals surface area contributed by atoms with Gasteiger partial charge >= 0.3 is 5.69 Å². The zero-order valence-electron chi connectivity index (χ0n) is 11.1. The Kier molecular flexibility index (Phi) is 3.14. The van der Waals surface area contributed by atoms with Crippen LogP contribution in [0.15, 0.2) is 29.2 Å². The van der Waals surface area contributed by atoms with Gasteiger partial charge in [0.2, 0.25) is 0 Å². The van der Waals surface area contributed by atoms with Crippen LogP contribution in [-0.4, -0.2) is 52.1 Å². The molecule has 3 heterocycles. The van der Waals surface area contributed by atoms with E-state index in [1.54, 1.807) is 18.3 Å². The molecule has 1 saturated heterocycles. The van der Waals surface area contributed by atoms with Gasteiger partial charge in [0.15, 0.2) is 15.5 Å². The van der Waals surface area contributed by atoms with E-state index in [0.29, 0.717) is 18.7 Å². The van der Waals surface area contributed by atoms with Gasteiger partial charge in [0, 0.05) is 12.2 Å². The first-order valence-electron chi connectivity index (χ1n) is 6.41. The minimum absolute atomic E-state index is 0.0447. The third kappa shape index (κ3) is 2.36. The zero-order valence-corrected chi connectivity index (χ0v) is 12.0. The van der Waals surface area contributed by atoms with Gasteiger partial charge in [-0.05, 0) is 25.6 Å². The number of sulfone groups is 1. The highest BCUT2D eigenvalue weighted by Gasteiger charge is 2.30. The van der Waals surface area contributed by atoms with Gasteiger partial charge in [-0.15, -0.1) is 5.10 Å². The summed E-state index contributed by atoms with van der Waals surface area (Å²) in [5, 5.41) is 4.24. The highest BCUT2D eigenvalue weighted by molar-refractivity contribution is 7.91. The van der Waals surface area contributed by atoms with Crippen molar-refractivity contribution >= 4 is 15.5 Å². The first-order chi connectivity index (χ1) is 9.46. The molecule has 1 fully saturated rings. The smallest absolute Gasteiger partial charge is 0.283 e. The van der Waals surface area contributed by atoms with Gasteiger partial charge in [0.1, 0.15) is 0 Å². The minimum atomic E-state index is -2.92. The third-order valence-electron chi connectivity index (χ3n) is 3.68. The van der Waals surface area contributed by atoms with Crippen LogP contribution in [0.5, 0.6) is 0 Å². The molecule has 0 aromatic carbocycles. The molecule has 0 spiro atoms. The Morgan fingerprint density at radius 3 is 2.90 bits per heavy atom. The Labute approximate surface area is 116 Å². The molecule has 0 aliphatic carbocycles. The van der Waals surface area contributed by atoms with E-state index >= 15 is 0 Å². The van der Waals surface area contributed by atoms with Crippen LogP contribution in [0.1, 0.15) is 6.42 Å². The fourth-order valence-electron chi connectivity index (χ4n) is 2.51. The molecule has 20 heavy (non-hydrogen) atoms. The van der Waals surface area contributed by atoms with Crippen LogP contribution in [0, 0.1) is 0 Å². The van der Waals surface area contributed by atoms with E-state index in [0.717, 1.165) is 0 Å². The molecule has 0 amide bonds. The standard InChI is InChI=1S/C12H16N4O3S/c1-14(10-5-7-20(18,19)8-10)9-16-12(17)15-6-3-2-4-11(15)13-16/h2-4,6,10H,5,7-9H2,1H3. The van der Waals surface area contributed by atoms with Gasteiger partial charge in [-0.25, -0.2) is 13.2 Å². The maximum absolute atomic E-state index is 12.1. The highest BCUT2D eigenvalue weighted by atomic mass is 32.2. The predicted octanol–water partition coefficient (Wildman–Crippen LogP) is -0.428. The van der Waals surface area contributed by atoms with E-state index in [1.165, 1.54) is 9.08 Å². The predicted molar refractivity (Wildman–Crippen MR) is 74.3 cm³/mol. The molecule has 7 nitrogen and oxygen atoms in total. The normalized spacial score (nSPS) is 21.8. The summed E-state index contributed by atoms with van der Waals surface area (Å²) in [6.45, 7) is 0.292. The van der Waals surface area contributed by atoms with Gasteiger partial charge < -0.3 is 0 Å². The SMILES string of the molecule is CN(Cn1nc2ccccn2c1=O)C1CCS(=O)(=O)C1. The van der Waals surface area contributed by atoms with Gasteiger partial charge in [0.05, 0.1) is 18.2 Å². The summed E-state index contributed by atoms with van der Waals surface area (Å²) in [6.07, 6.45) is 2.28. The second kappa shape index (κ2) is 4.71. The number of nitrogens with zero attached hydrogens (tertiary/aromatic N) is 4. The lowest BCUT2D eigenvalue weighted by Crippen LogP contribution is -2.37. The summed E-state index contributed by atoms with van der Waals surface area (Å²) in [4.78, 5) is 14.0. The Hall–Kier alpha value is -1.67. The number of pyridine rings is 1. The van der Waals surface area contributed by atoms with E-state index in [9.17, 15) is 13.2 Å². The summed E-state index contributed by atoms with van der Waals surface area (Å²) in [5.41, 5.74) is 0.373. The maximum atomic E-state index is 12.1. The van der Waals surface area contributed by atoms with Crippen molar-refractivity contribution in [3.8, 4) is 0 Å². The van der Waals surface area contributed by atoms with Crippen molar-refractivity contribution in [2.45, 2.75) is 19.1 Å². The molecule has 3 rings (SSSR count). The topological polar surface area (TPSA) is 76.7 Å². The summed E-state index contributed by atoms with van der Waals surface area (Å²) < 4.78 is 25.8. The zero-order chi connectivity index (χ0) is 14.3. The van der Waals surface area contributed by atoms with Crippen LogP contribution in [0.4, 0.5) is 0 Å². The van der Waals surface area contributed by atoms with Crippen molar-refractivity contribution in [2.75, 3.05) is 18.6 Å². The fourth-order valence-corrected chi connectivity index (χ4v) is 4.32. The first kappa shape index (κ1) is 13.3. The van der Waals surface area contributed by atoms with Crippen LogP contribution >= 0.6 is 0 Å². The molecule has 1 atom stereocenters. The molecule has 0 saturated carbocycles. The lowest BCUT2D eigenvalue weighted by molar-refractivity contribution is 0.195. The van der Waals surface area contributed by atoms with E-state index in [1.807, 2.05) is 18.0 Å². The Morgan fingerprint density at radius 1 is 1.45 bits per heavy atom. The van der Waals surface area contributed by atoms with Crippen molar-refractivity contribution in [2.24, 2.45) is 0 Å². The van der Waals surface area contributed by atoms with E-state index in [2.05, 4.69) is 5.10 Å². The molecule has 2 aromatic rings. The van der Waals surface area contributed by atoms with Crippen molar-refractivity contribution in [1.29, 1.82) is 0 Å². The van der Waals surface area contributed by atoms with E-state index in [4.69, 9.17) is 0 Å². The van der Waals surface area contributed by atoms with Crippen molar-refractivity contribution in [1.82, 2.24) is 19.1 Å². The summed E-state index contributed by atoms with van der Waals surface area (Å²) in [5.74, 6) is 0.383. The molecule has 1 aliphatic heterocycles. The molecule has 1 aliphatic rings. The average molecular weight is 296 g/mol. The lowest BCUT2D eigenvalue weighted by atomic mass is 10.2. The Balaban J connectivity index is 1.83. The van der Waals surface area contributed by atoms with Gasteiger partial charge in [0.25, 0.3) is 0 Å². The molecular weight excluding hydrogens is 280 g/mol. The molecule has 2 aromatic heterocycles. The quantitative estimate of drug-likeness (QED) is 0.768. The number of hydrogen-bond acceptors (Lipinski definition) is 5. The number of hydrogen-bond donors (Lipinski definition) is 0. The molecule has 0 radical (unpaired) electrons. The summed E-state index contributed by atoms with van der Waals surface area (Å²) >= 11 is 0. The monoisotopic (exact) mass is 296 g/mol.